The molecule has 0 N–H and O–H groups in total. The quantitative estimate of drug-likeness (QED) is 0.686. The molecule has 24 heavy (non-hydrogen) atoms. The summed E-state index contributed by atoms with van der Waals surface area (Å²) in [5.74, 6) is 0.777. The Hall–Kier alpha value is -1.57. The SMILES string of the molecule is CC(C)CN1C=C(C(=O)c2ccc(C(C)(C)C)cc2)C(C)(C)CC1. The van der Waals surface area contributed by atoms with Crippen LogP contribution in [-0.4, -0.2) is 23.8 Å². The van der Waals surface area contributed by atoms with Gasteiger partial charge in [0, 0.05) is 30.4 Å². The van der Waals surface area contributed by atoms with Crippen LogP contribution in [0.2, 0.25) is 0 Å². The van der Waals surface area contributed by atoms with Gasteiger partial charge in [0.2, 0.25) is 0 Å². The molecule has 2 nitrogen and oxygen atoms in total. The molecule has 2 rings (SSSR count). The highest BCUT2D eigenvalue weighted by Gasteiger charge is 2.33. The van der Waals surface area contributed by atoms with Crippen LogP contribution < -0.4 is 0 Å². The molecule has 0 spiro atoms. The van der Waals surface area contributed by atoms with E-state index >= 15 is 0 Å². The van der Waals surface area contributed by atoms with Crippen molar-refractivity contribution in [3.63, 3.8) is 0 Å². The number of allylic oxidation sites excluding steroid dienone is 1. The summed E-state index contributed by atoms with van der Waals surface area (Å²) in [5, 5.41) is 0. The molecule has 1 aromatic rings. The number of hydrogen-bond donors (Lipinski definition) is 0. The van der Waals surface area contributed by atoms with Crippen molar-refractivity contribution >= 4 is 5.78 Å². The van der Waals surface area contributed by atoms with E-state index in [1.165, 1.54) is 5.56 Å². The zero-order valence-electron chi connectivity index (χ0n) is 16.4. The maximum Gasteiger partial charge on any atom is 0.191 e. The van der Waals surface area contributed by atoms with Gasteiger partial charge in [-0.2, -0.15) is 0 Å². The van der Waals surface area contributed by atoms with Gasteiger partial charge >= 0.3 is 0 Å². The lowest BCUT2D eigenvalue weighted by Gasteiger charge is -2.37. The molecule has 0 unspecified atom stereocenters. The molecule has 0 saturated heterocycles. The molecule has 2 heteroatoms. The molecule has 0 fully saturated rings. The summed E-state index contributed by atoms with van der Waals surface area (Å²) in [6.45, 7) is 17.4. The summed E-state index contributed by atoms with van der Waals surface area (Å²) in [4.78, 5) is 15.4. The molecule has 0 aromatic heterocycles. The second-order valence-electron chi connectivity index (χ2n) is 9.22. The maximum atomic E-state index is 13.1. The summed E-state index contributed by atoms with van der Waals surface area (Å²) in [5.41, 5.74) is 3.05. The van der Waals surface area contributed by atoms with Crippen LogP contribution in [0.15, 0.2) is 36.0 Å². The number of benzene rings is 1. The van der Waals surface area contributed by atoms with E-state index in [0.29, 0.717) is 5.92 Å². The van der Waals surface area contributed by atoms with Gasteiger partial charge in [0.25, 0.3) is 0 Å². The van der Waals surface area contributed by atoms with Gasteiger partial charge in [-0.15, -0.1) is 0 Å². The van der Waals surface area contributed by atoms with Gasteiger partial charge in [0.05, 0.1) is 0 Å². The Morgan fingerprint density at radius 1 is 1.17 bits per heavy atom. The number of carbonyl (C=O) groups is 1. The fourth-order valence-electron chi connectivity index (χ4n) is 3.24. The highest BCUT2D eigenvalue weighted by molar-refractivity contribution is 6.09. The van der Waals surface area contributed by atoms with Crippen LogP contribution >= 0.6 is 0 Å². The zero-order valence-corrected chi connectivity index (χ0v) is 16.4. The van der Waals surface area contributed by atoms with Crippen molar-refractivity contribution in [3.05, 3.63) is 47.2 Å². The lowest BCUT2D eigenvalue weighted by molar-refractivity contribution is 0.0986. The number of rotatable bonds is 4. The van der Waals surface area contributed by atoms with Crippen LogP contribution in [0.4, 0.5) is 0 Å². The fraction of sp³-hybridized carbons (Fsp3) is 0.591. The Balaban J connectivity index is 2.30. The first-order chi connectivity index (χ1) is 11.0. The van der Waals surface area contributed by atoms with Gasteiger partial charge < -0.3 is 4.90 Å². The molecule has 0 aliphatic carbocycles. The van der Waals surface area contributed by atoms with Crippen molar-refractivity contribution in [2.75, 3.05) is 13.1 Å². The third-order valence-electron chi connectivity index (χ3n) is 4.92. The van der Waals surface area contributed by atoms with Gasteiger partial charge in [-0.25, -0.2) is 0 Å². The second kappa shape index (κ2) is 6.74. The number of Topliss-reactive ketones (excluding diaryl/α,β-unsaturated/α-hetero) is 1. The number of hydrogen-bond acceptors (Lipinski definition) is 2. The van der Waals surface area contributed by atoms with Crippen LogP contribution in [0.3, 0.4) is 0 Å². The lowest BCUT2D eigenvalue weighted by Crippen LogP contribution is -2.36. The lowest BCUT2D eigenvalue weighted by atomic mass is 9.75. The van der Waals surface area contributed by atoms with Gasteiger partial charge in [-0.1, -0.05) is 72.7 Å². The van der Waals surface area contributed by atoms with Crippen LogP contribution in [0.1, 0.15) is 70.8 Å². The standard InChI is InChI=1S/C22H33NO/c1-16(2)14-23-13-12-22(6,7)19(15-23)20(24)17-8-10-18(11-9-17)21(3,4)5/h8-11,15-16H,12-14H2,1-7H3. The highest BCUT2D eigenvalue weighted by Crippen LogP contribution is 2.37. The molecule has 1 aromatic carbocycles. The molecule has 0 radical (unpaired) electrons. The third-order valence-corrected chi connectivity index (χ3v) is 4.92. The van der Waals surface area contributed by atoms with Crippen LogP contribution in [0, 0.1) is 11.3 Å². The van der Waals surface area contributed by atoms with E-state index in [1.807, 2.05) is 12.1 Å². The Bertz CT molecular complexity index is 614. The summed E-state index contributed by atoms with van der Waals surface area (Å²) in [6.07, 6.45) is 3.14. The van der Waals surface area contributed by atoms with Gasteiger partial charge in [0.1, 0.15) is 0 Å². The van der Waals surface area contributed by atoms with E-state index in [-0.39, 0.29) is 16.6 Å². The van der Waals surface area contributed by atoms with Crippen molar-refractivity contribution < 1.29 is 4.79 Å². The Morgan fingerprint density at radius 3 is 2.25 bits per heavy atom. The largest absolute Gasteiger partial charge is 0.377 e. The van der Waals surface area contributed by atoms with E-state index in [4.69, 9.17) is 0 Å². The van der Waals surface area contributed by atoms with E-state index < -0.39 is 0 Å². The Kier molecular flexibility index (Phi) is 5.27. The van der Waals surface area contributed by atoms with Crippen molar-refractivity contribution in [2.45, 2.75) is 60.3 Å². The summed E-state index contributed by atoms with van der Waals surface area (Å²) in [7, 11) is 0. The minimum absolute atomic E-state index is 0.0622. The van der Waals surface area contributed by atoms with Crippen molar-refractivity contribution in [2.24, 2.45) is 11.3 Å². The molecule has 0 atom stereocenters. The van der Waals surface area contributed by atoms with Crippen LogP contribution in [0.25, 0.3) is 0 Å². The normalized spacial score (nSPS) is 17.8. The number of ketones is 1. The number of carbonyl (C=O) groups excluding carboxylic acids is 1. The average molecular weight is 328 g/mol. The van der Waals surface area contributed by atoms with Gasteiger partial charge in [-0.3, -0.25) is 4.79 Å². The third kappa shape index (κ3) is 4.28. The first-order valence-electron chi connectivity index (χ1n) is 9.12. The minimum atomic E-state index is -0.0622. The van der Waals surface area contributed by atoms with E-state index in [2.05, 4.69) is 71.7 Å². The topological polar surface area (TPSA) is 20.3 Å². The molecule has 0 bridgehead atoms. The highest BCUT2D eigenvalue weighted by atomic mass is 16.1. The van der Waals surface area contributed by atoms with Crippen molar-refractivity contribution in [1.29, 1.82) is 0 Å². The van der Waals surface area contributed by atoms with Crippen molar-refractivity contribution in [3.8, 4) is 0 Å². The smallest absolute Gasteiger partial charge is 0.191 e. The maximum absolute atomic E-state index is 13.1. The minimum Gasteiger partial charge on any atom is -0.377 e. The van der Waals surface area contributed by atoms with E-state index in [9.17, 15) is 4.79 Å². The van der Waals surface area contributed by atoms with Crippen molar-refractivity contribution in [1.82, 2.24) is 4.90 Å². The van der Waals surface area contributed by atoms with Crippen LogP contribution in [-0.2, 0) is 5.41 Å². The summed E-state index contributed by atoms with van der Waals surface area (Å²) >= 11 is 0. The zero-order chi connectivity index (χ0) is 18.1. The molecular formula is C22H33NO. The molecule has 1 aliphatic rings. The predicted octanol–water partition coefficient (Wildman–Crippen LogP) is 5.44. The molecule has 0 saturated carbocycles. The molecule has 1 heterocycles. The Morgan fingerprint density at radius 2 is 1.75 bits per heavy atom. The first kappa shape index (κ1) is 18.8. The molecule has 0 amide bonds. The first-order valence-corrected chi connectivity index (χ1v) is 9.12. The molecule has 1 aliphatic heterocycles. The average Bonchev–Trinajstić information content (AvgIpc) is 2.47. The van der Waals surface area contributed by atoms with Crippen LogP contribution in [0.5, 0.6) is 0 Å². The fourth-order valence-corrected chi connectivity index (χ4v) is 3.24. The number of nitrogens with zero attached hydrogens (tertiary/aromatic N) is 1. The predicted molar refractivity (Wildman–Crippen MR) is 102 cm³/mol. The Labute approximate surface area is 147 Å². The van der Waals surface area contributed by atoms with Gasteiger partial charge in [0.15, 0.2) is 5.78 Å². The van der Waals surface area contributed by atoms with Gasteiger partial charge in [-0.05, 0) is 28.7 Å². The second-order valence-corrected chi connectivity index (χ2v) is 9.22. The molecular weight excluding hydrogens is 294 g/mol. The van der Waals surface area contributed by atoms with E-state index in [0.717, 1.165) is 30.6 Å². The molecule has 132 valence electrons. The summed E-state index contributed by atoms with van der Waals surface area (Å²) < 4.78 is 0. The van der Waals surface area contributed by atoms with E-state index in [1.54, 1.807) is 0 Å². The summed E-state index contributed by atoms with van der Waals surface area (Å²) in [6, 6.07) is 8.16. The monoisotopic (exact) mass is 327 g/mol.